The number of aromatic hydroxyl groups is 1. The molecule has 0 spiro atoms. The molecule has 1 atom stereocenters. The SMILES string of the molecule is NC(=O)CCC1CN(n2cccc2)CCN1c1cccc(O)c1. The second-order valence-corrected chi connectivity index (χ2v) is 5.85. The van der Waals surface area contributed by atoms with Gasteiger partial charge in [-0.1, -0.05) is 6.07 Å². The second-order valence-electron chi connectivity index (χ2n) is 5.85. The van der Waals surface area contributed by atoms with Crippen molar-refractivity contribution in [2.24, 2.45) is 5.73 Å². The molecule has 1 aromatic carbocycles. The monoisotopic (exact) mass is 314 g/mol. The topological polar surface area (TPSA) is 74.7 Å². The van der Waals surface area contributed by atoms with Crippen molar-refractivity contribution in [3.05, 3.63) is 48.8 Å². The minimum atomic E-state index is -0.279. The molecule has 1 aromatic heterocycles. The van der Waals surface area contributed by atoms with Crippen LogP contribution in [-0.4, -0.2) is 41.4 Å². The molecule has 2 aromatic rings. The van der Waals surface area contributed by atoms with Gasteiger partial charge in [0.2, 0.25) is 5.91 Å². The summed E-state index contributed by atoms with van der Waals surface area (Å²) in [6.45, 7) is 2.50. The Hall–Kier alpha value is -2.63. The van der Waals surface area contributed by atoms with Crippen LogP contribution in [0.4, 0.5) is 5.69 Å². The Bertz CT molecular complexity index is 656. The van der Waals surface area contributed by atoms with E-state index in [9.17, 15) is 9.90 Å². The number of anilines is 1. The van der Waals surface area contributed by atoms with Crippen LogP contribution in [0.1, 0.15) is 12.8 Å². The van der Waals surface area contributed by atoms with Gasteiger partial charge in [-0.2, -0.15) is 0 Å². The van der Waals surface area contributed by atoms with Crippen molar-refractivity contribution in [3.63, 3.8) is 0 Å². The van der Waals surface area contributed by atoms with Gasteiger partial charge < -0.3 is 20.7 Å². The van der Waals surface area contributed by atoms with E-state index >= 15 is 0 Å². The van der Waals surface area contributed by atoms with Gasteiger partial charge in [0.1, 0.15) is 5.75 Å². The van der Waals surface area contributed by atoms with E-state index in [4.69, 9.17) is 5.73 Å². The van der Waals surface area contributed by atoms with Gasteiger partial charge in [-0.05, 0) is 30.7 Å². The molecule has 6 heteroatoms. The highest BCUT2D eigenvalue weighted by Crippen LogP contribution is 2.26. The first-order valence-electron chi connectivity index (χ1n) is 7.85. The molecule has 3 N–H and O–H groups in total. The summed E-state index contributed by atoms with van der Waals surface area (Å²) < 4.78 is 2.08. The Labute approximate surface area is 135 Å². The quantitative estimate of drug-likeness (QED) is 0.872. The molecular weight excluding hydrogens is 292 g/mol. The Morgan fingerprint density at radius 3 is 2.70 bits per heavy atom. The molecule has 23 heavy (non-hydrogen) atoms. The second kappa shape index (κ2) is 6.64. The molecule has 0 bridgehead atoms. The lowest BCUT2D eigenvalue weighted by molar-refractivity contribution is -0.118. The lowest BCUT2D eigenvalue weighted by atomic mass is 10.1. The van der Waals surface area contributed by atoms with Gasteiger partial charge in [0, 0.05) is 43.2 Å². The van der Waals surface area contributed by atoms with Gasteiger partial charge in [0.25, 0.3) is 0 Å². The Balaban J connectivity index is 1.79. The maximum atomic E-state index is 11.2. The average Bonchev–Trinajstić information content (AvgIpc) is 3.07. The van der Waals surface area contributed by atoms with Crippen molar-refractivity contribution in [1.29, 1.82) is 0 Å². The van der Waals surface area contributed by atoms with Crippen LogP contribution in [0.15, 0.2) is 48.8 Å². The van der Waals surface area contributed by atoms with E-state index in [1.165, 1.54) is 0 Å². The third-order valence-electron chi connectivity index (χ3n) is 4.26. The van der Waals surface area contributed by atoms with Crippen molar-refractivity contribution >= 4 is 11.6 Å². The number of phenols is 1. The summed E-state index contributed by atoms with van der Waals surface area (Å²) in [5.41, 5.74) is 6.31. The molecule has 2 heterocycles. The minimum Gasteiger partial charge on any atom is -0.508 e. The fraction of sp³-hybridized carbons (Fsp3) is 0.353. The van der Waals surface area contributed by atoms with E-state index in [2.05, 4.69) is 14.6 Å². The van der Waals surface area contributed by atoms with Crippen molar-refractivity contribution in [2.75, 3.05) is 29.5 Å². The number of primary amides is 1. The predicted molar refractivity (Wildman–Crippen MR) is 90.1 cm³/mol. The maximum absolute atomic E-state index is 11.2. The first-order chi connectivity index (χ1) is 11.1. The third kappa shape index (κ3) is 3.59. The first kappa shape index (κ1) is 15.3. The standard InChI is InChI=1S/C17H22N4O2/c18-17(23)7-6-15-13-20(19-8-1-2-9-19)10-11-21(15)14-4-3-5-16(22)12-14/h1-5,8-9,12,15,22H,6-7,10-11,13H2,(H2,18,23). The van der Waals surface area contributed by atoms with Crippen LogP contribution in [0.5, 0.6) is 5.75 Å². The number of phenolic OH excluding ortho intramolecular Hbond substituents is 1. The Morgan fingerprint density at radius 2 is 2.00 bits per heavy atom. The van der Waals surface area contributed by atoms with Gasteiger partial charge >= 0.3 is 0 Å². The third-order valence-corrected chi connectivity index (χ3v) is 4.26. The van der Waals surface area contributed by atoms with Gasteiger partial charge in [0.15, 0.2) is 0 Å². The number of aromatic nitrogens is 1. The molecule has 1 aliphatic heterocycles. The predicted octanol–water partition coefficient (Wildman–Crippen LogP) is 1.29. The number of piperazine rings is 1. The van der Waals surface area contributed by atoms with Crippen LogP contribution < -0.4 is 15.6 Å². The molecule has 0 saturated carbocycles. The molecular formula is C17H22N4O2. The van der Waals surface area contributed by atoms with Crippen molar-refractivity contribution in [2.45, 2.75) is 18.9 Å². The fourth-order valence-corrected chi connectivity index (χ4v) is 3.13. The summed E-state index contributed by atoms with van der Waals surface area (Å²) >= 11 is 0. The van der Waals surface area contributed by atoms with Crippen molar-refractivity contribution in [3.8, 4) is 5.75 Å². The van der Waals surface area contributed by atoms with Gasteiger partial charge in [0.05, 0.1) is 13.1 Å². The zero-order valence-corrected chi connectivity index (χ0v) is 13.0. The zero-order valence-electron chi connectivity index (χ0n) is 13.0. The van der Waals surface area contributed by atoms with Crippen LogP contribution in [0, 0.1) is 0 Å². The summed E-state index contributed by atoms with van der Waals surface area (Å²) in [7, 11) is 0. The molecule has 3 rings (SSSR count). The highest BCUT2D eigenvalue weighted by atomic mass is 16.3. The maximum Gasteiger partial charge on any atom is 0.217 e. The van der Waals surface area contributed by atoms with E-state index in [-0.39, 0.29) is 17.7 Å². The summed E-state index contributed by atoms with van der Waals surface area (Å²) in [5, 5.41) is 12.0. The molecule has 1 fully saturated rings. The molecule has 6 nitrogen and oxygen atoms in total. The Morgan fingerprint density at radius 1 is 1.22 bits per heavy atom. The molecule has 1 unspecified atom stereocenters. The van der Waals surface area contributed by atoms with Gasteiger partial charge in [-0.25, -0.2) is 0 Å². The van der Waals surface area contributed by atoms with Gasteiger partial charge in [-0.15, -0.1) is 0 Å². The van der Waals surface area contributed by atoms with E-state index in [1.54, 1.807) is 12.1 Å². The van der Waals surface area contributed by atoms with Crippen molar-refractivity contribution in [1.82, 2.24) is 4.68 Å². The zero-order chi connectivity index (χ0) is 16.2. The summed E-state index contributed by atoms with van der Waals surface area (Å²) in [5.74, 6) is -0.0251. The summed E-state index contributed by atoms with van der Waals surface area (Å²) in [4.78, 5) is 13.4. The Kier molecular flexibility index (Phi) is 4.41. The lowest BCUT2D eigenvalue weighted by Gasteiger charge is -2.44. The number of nitrogens with two attached hydrogens (primary N) is 1. The number of amides is 1. The smallest absolute Gasteiger partial charge is 0.217 e. The summed E-state index contributed by atoms with van der Waals surface area (Å²) in [6, 6.07) is 11.4. The molecule has 1 amide bonds. The number of hydrogen-bond acceptors (Lipinski definition) is 4. The number of benzene rings is 1. The normalized spacial score (nSPS) is 18.2. The fourth-order valence-electron chi connectivity index (χ4n) is 3.13. The molecule has 0 radical (unpaired) electrons. The molecule has 122 valence electrons. The molecule has 0 aliphatic carbocycles. The first-order valence-corrected chi connectivity index (χ1v) is 7.85. The summed E-state index contributed by atoms with van der Waals surface area (Å²) in [6.07, 6.45) is 5.10. The number of carbonyl (C=O) groups is 1. The molecule has 1 saturated heterocycles. The highest BCUT2D eigenvalue weighted by molar-refractivity contribution is 5.73. The van der Waals surface area contributed by atoms with E-state index in [1.807, 2.05) is 36.7 Å². The lowest BCUT2D eigenvalue weighted by Crippen LogP contribution is -2.56. The van der Waals surface area contributed by atoms with Gasteiger partial charge in [-0.3, -0.25) is 9.47 Å². The number of hydrogen-bond donors (Lipinski definition) is 2. The van der Waals surface area contributed by atoms with Crippen LogP contribution in [0.2, 0.25) is 0 Å². The van der Waals surface area contributed by atoms with E-state index in [0.717, 1.165) is 25.3 Å². The largest absolute Gasteiger partial charge is 0.508 e. The molecule has 1 aliphatic rings. The average molecular weight is 314 g/mol. The number of nitrogens with zero attached hydrogens (tertiary/aromatic N) is 3. The number of rotatable bonds is 5. The van der Waals surface area contributed by atoms with E-state index in [0.29, 0.717) is 12.8 Å². The van der Waals surface area contributed by atoms with Crippen LogP contribution in [-0.2, 0) is 4.79 Å². The minimum absolute atomic E-state index is 0.167. The number of carbonyl (C=O) groups excluding carboxylic acids is 1. The van der Waals surface area contributed by atoms with E-state index < -0.39 is 0 Å². The van der Waals surface area contributed by atoms with Crippen LogP contribution in [0.25, 0.3) is 0 Å². The van der Waals surface area contributed by atoms with Crippen LogP contribution >= 0.6 is 0 Å². The van der Waals surface area contributed by atoms with Crippen LogP contribution in [0.3, 0.4) is 0 Å². The highest BCUT2D eigenvalue weighted by Gasteiger charge is 2.27. The van der Waals surface area contributed by atoms with Crippen molar-refractivity contribution < 1.29 is 9.90 Å².